The molecule has 5 nitrogen and oxygen atoms in total. The van der Waals surface area contributed by atoms with Crippen LogP contribution < -0.4 is 0 Å². The summed E-state index contributed by atoms with van der Waals surface area (Å²) in [6.45, 7) is 7.80. The Hall–Kier alpha value is -2.40. The second-order valence-electron chi connectivity index (χ2n) is 20.6. The minimum atomic E-state index is -0.545. The molecule has 408 valence electrons. The summed E-state index contributed by atoms with van der Waals surface area (Å²) in [5, 5.41) is 0. The lowest BCUT2D eigenvalue weighted by molar-refractivity contribution is -0.163. The standard InChI is InChI=1S/C65H118O5/c1-4-7-10-13-16-19-22-25-28-31-33-35-37-40-43-46-49-52-55-58-64(66)69-62-63(61-68-60-57-54-51-48-45-42-39-36-32-29-26-23-20-17-14-11-8-5-2)70-65(67)59-56-53-50-47-44-41-38-34-30-27-24-21-18-15-12-9-6-3/h16-17,19-20,25-30,63H,4-15,18,21-24,31-62H2,1-3H3/b19-16-,20-17-,28-25-,29-26-,30-27-. The second kappa shape index (κ2) is 60.9. The van der Waals surface area contributed by atoms with Gasteiger partial charge in [0, 0.05) is 19.4 Å². The third kappa shape index (κ3) is 58.2. The highest BCUT2D eigenvalue weighted by Gasteiger charge is 2.17. The molecule has 1 unspecified atom stereocenters. The third-order valence-corrected chi connectivity index (χ3v) is 13.5. The molecule has 0 heterocycles. The zero-order valence-corrected chi connectivity index (χ0v) is 47.0. The van der Waals surface area contributed by atoms with Gasteiger partial charge in [0.25, 0.3) is 0 Å². The maximum Gasteiger partial charge on any atom is 0.306 e. The first-order chi connectivity index (χ1) is 34.6. The van der Waals surface area contributed by atoms with E-state index in [4.69, 9.17) is 14.2 Å². The van der Waals surface area contributed by atoms with E-state index in [0.29, 0.717) is 19.4 Å². The number of hydrogen-bond donors (Lipinski definition) is 0. The van der Waals surface area contributed by atoms with E-state index in [9.17, 15) is 9.59 Å². The molecule has 0 fully saturated rings. The number of ether oxygens (including phenoxy) is 3. The van der Waals surface area contributed by atoms with Crippen molar-refractivity contribution < 1.29 is 23.8 Å². The lowest BCUT2D eigenvalue weighted by Gasteiger charge is -2.18. The van der Waals surface area contributed by atoms with E-state index >= 15 is 0 Å². The van der Waals surface area contributed by atoms with Gasteiger partial charge in [-0.25, -0.2) is 0 Å². The molecule has 0 aromatic rings. The Bertz CT molecular complexity index is 1200. The average Bonchev–Trinajstić information content (AvgIpc) is 3.36. The van der Waals surface area contributed by atoms with Gasteiger partial charge in [-0.3, -0.25) is 9.59 Å². The molecule has 0 N–H and O–H groups in total. The minimum absolute atomic E-state index is 0.0801. The molecule has 0 aliphatic carbocycles. The fourth-order valence-corrected chi connectivity index (χ4v) is 8.86. The van der Waals surface area contributed by atoms with Crippen molar-refractivity contribution in [1.82, 2.24) is 0 Å². The van der Waals surface area contributed by atoms with Crippen molar-refractivity contribution in [2.24, 2.45) is 0 Å². The molecule has 0 amide bonds. The quantitative estimate of drug-likeness (QED) is 0.0345. The van der Waals surface area contributed by atoms with Gasteiger partial charge in [0.2, 0.25) is 0 Å². The predicted molar refractivity (Wildman–Crippen MR) is 307 cm³/mol. The van der Waals surface area contributed by atoms with Crippen LogP contribution in [0.25, 0.3) is 0 Å². The maximum absolute atomic E-state index is 12.9. The van der Waals surface area contributed by atoms with E-state index in [1.165, 1.54) is 225 Å². The molecular formula is C65H118O5. The average molecular weight is 980 g/mol. The van der Waals surface area contributed by atoms with Crippen LogP contribution >= 0.6 is 0 Å². The van der Waals surface area contributed by atoms with Crippen molar-refractivity contribution in [3.05, 3.63) is 60.8 Å². The van der Waals surface area contributed by atoms with E-state index in [1.807, 2.05) is 0 Å². The summed E-state index contributed by atoms with van der Waals surface area (Å²) < 4.78 is 17.5. The Balaban J connectivity index is 4.28. The van der Waals surface area contributed by atoms with Crippen LogP contribution in [0.3, 0.4) is 0 Å². The van der Waals surface area contributed by atoms with Gasteiger partial charge in [0.1, 0.15) is 6.61 Å². The Morgan fingerprint density at radius 3 is 0.986 bits per heavy atom. The van der Waals surface area contributed by atoms with Crippen molar-refractivity contribution >= 4 is 11.9 Å². The Morgan fingerprint density at radius 2 is 0.600 bits per heavy atom. The minimum Gasteiger partial charge on any atom is -0.462 e. The monoisotopic (exact) mass is 979 g/mol. The summed E-state index contributed by atoms with van der Waals surface area (Å²) in [6.07, 6.45) is 78.1. The fraction of sp³-hybridized carbons (Fsp3) is 0.815. The second-order valence-corrected chi connectivity index (χ2v) is 20.6. The van der Waals surface area contributed by atoms with Gasteiger partial charge in [-0.1, -0.05) is 255 Å². The number of carbonyl (C=O) groups excluding carboxylic acids is 2. The van der Waals surface area contributed by atoms with Gasteiger partial charge in [-0.05, 0) is 109 Å². The highest BCUT2D eigenvalue weighted by atomic mass is 16.6. The summed E-state index contributed by atoms with van der Waals surface area (Å²) >= 11 is 0. The van der Waals surface area contributed by atoms with Crippen LogP contribution in [0.2, 0.25) is 0 Å². The Kier molecular flexibility index (Phi) is 58.8. The first-order valence-corrected chi connectivity index (χ1v) is 30.8. The number of esters is 2. The maximum atomic E-state index is 12.9. The van der Waals surface area contributed by atoms with Crippen LogP contribution in [0.15, 0.2) is 60.8 Å². The molecule has 0 saturated heterocycles. The van der Waals surface area contributed by atoms with E-state index in [1.54, 1.807) is 0 Å². The molecule has 0 spiro atoms. The van der Waals surface area contributed by atoms with E-state index < -0.39 is 6.10 Å². The molecule has 70 heavy (non-hydrogen) atoms. The Labute approximate surface area is 436 Å². The molecule has 1 atom stereocenters. The number of carbonyl (C=O) groups is 2. The molecule has 0 aromatic heterocycles. The molecular weight excluding hydrogens is 861 g/mol. The van der Waals surface area contributed by atoms with Gasteiger partial charge in [0.05, 0.1) is 6.61 Å². The van der Waals surface area contributed by atoms with Crippen molar-refractivity contribution in [2.75, 3.05) is 19.8 Å². The summed E-state index contributed by atoms with van der Waals surface area (Å²) in [4.78, 5) is 25.6. The van der Waals surface area contributed by atoms with E-state index in [2.05, 4.69) is 81.5 Å². The topological polar surface area (TPSA) is 61.8 Å². The molecule has 0 aliphatic heterocycles. The van der Waals surface area contributed by atoms with E-state index in [0.717, 1.165) is 57.8 Å². The normalized spacial score (nSPS) is 12.6. The van der Waals surface area contributed by atoms with Crippen LogP contribution in [0.4, 0.5) is 0 Å². The van der Waals surface area contributed by atoms with Crippen molar-refractivity contribution in [2.45, 2.75) is 322 Å². The first-order valence-electron chi connectivity index (χ1n) is 30.8. The zero-order valence-electron chi connectivity index (χ0n) is 47.0. The van der Waals surface area contributed by atoms with Crippen molar-refractivity contribution in [3.8, 4) is 0 Å². The van der Waals surface area contributed by atoms with Crippen molar-refractivity contribution in [3.63, 3.8) is 0 Å². The van der Waals surface area contributed by atoms with Crippen LogP contribution in [-0.2, 0) is 23.8 Å². The Morgan fingerprint density at radius 1 is 0.314 bits per heavy atom. The predicted octanol–water partition coefficient (Wildman–Crippen LogP) is 21.2. The number of rotatable bonds is 57. The first kappa shape index (κ1) is 67.6. The lowest BCUT2D eigenvalue weighted by Crippen LogP contribution is -2.30. The molecule has 0 aromatic carbocycles. The fourth-order valence-electron chi connectivity index (χ4n) is 8.86. The SMILES string of the molecule is CCCCC/C=C\C/C=C\CCCCCCCCCCCC(=O)OCC(COCCCCCCCCCC/C=C\C/C=C\CCCCC)OC(=O)CCCCCCCCC/C=C\CCCCCCCC. The highest BCUT2D eigenvalue weighted by Crippen LogP contribution is 2.16. The molecule has 0 aliphatic rings. The summed E-state index contributed by atoms with van der Waals surface area (Å²) in [6, 6.07) is 0. The van der Waals surface area contributed by atoms with Crippen molar-refractivity contribution in [1.29, 1.82) is 0 Å². The van der Waals surface area contributed by atoms with Crippen LogP contribution in [0.5, 0.6) is 0 Å². The summed E-state index contributed by atoms with van der Waals surface area (Å²) in [5.74, 6) is -0.397. The van der Waals surface area contributed by atoms with Crippen LogP contribution in [0.1, 0.15) is 316 Å². The number of allylic oxidation sites excluding steroid dienone is 10. The van der Waals surface area contributed by atoms with Gasteiger partial charge in [0.15, 0.2) is 6.10 Å². The number of unbranched alkanes of at least 4 members (excludes halogenated alkanes) is 36. The molecule has 0 radical (unpaired) electrons. The van der Waals surface area contributed by atoms with Crippen LogP contribution in [0, 0.1) is 0 Å². The van der Waals surface area contributed by atoms with Crippen LogP contribution in [-0.4, -0.2) is 37.9 Å². The zero-order chi connectivity index (χ0) is 50.6. The third-order valence-electron chi connectivity index (χ3n) is 13.5. The molecule has 0 bridgehead atoms. The smallest absolute Gasteiger partial charge is 0.306 e. The van der Waals surface area contributed by atoms with E-state index in [-0.39, 0.29) is 25.2 Å². The lowest BCUT2D eigenvalue weighted by atomic mass is 10.1. The van der Waals surface area contributed by atoms with Gasteiger partial charge in [-0.2, -0.15) is 0 Å². The van der Waals surface area contributed by atoms with Gasteiger partial charge in [-0.15, -0.1) is 0 Å². The summed E-state index contributed by atoms with van der Waals surface area (Å²) in [5.41, 5.74) is 0. The van der Waals surface area contributed by atoms with Gasteiger partial charge < -0.3 is 14.2 Å². The molecule has 0 saturated carbocycles. The highest BCUT2D eigenvalue weighted by molar-refractivity contribution is 5.70. The summed E-state index contributed by atoms with van der Waals surface area (Å²) in [7, 11) is 0. The number of hydrogen-bond acceptors (Lipinski definition) is 5. The molecule has 0 rings (SSSR count). The van der Waals surface area contributed by atoms with Gasteiger partial charge >= 0.3 is 11.9 Å². The molecule has 5 heteroatoms. The largest absolute Gasteiger partial charge is 0.462 e.